The molecule has 0 aliphatic rings. The van der Waals surface area contributed by atoms with Crippen LogP contribution in [0.1, 0.15) is 11.3 Å². The number of nitrogens with two attached hydrogens (primary N) is 2. The molecule has 1 aromatic carbocycles. The SMILES string of the molecule is COc1ccc(Cn2nc(C)c(N)c2-c2cc(Br)ncc2N)cc1. The Labute approximate surface area is 148 Å². The number of rotatable bonds is 4. The van der Waals surface area contributed by atoms with Crippen LogP contribution < -0.4 is 16.2 Å². The first-order valence-electron chi connectivity index (χ1n) is 7.36. The Morgan fingerprint density at radius 1 is 1.21 bits per heavy atom. The van der Waals surface area contributed by atoms with Gasteiger partial charge in [-0.05, 0) is 46.6 Å². The Morgan fingerprint density at radius 2 is 1.92 bits per heavy atom. The maximum atomic E-state index is 6.26. The van der Waals surface area contributed by atoms with E-state index in [0.29, 0.717) is 22.5 Å². The fourth-order valence-corrected chi connectivity index (χ4v) is 2.87. The summed E-state index contributed by atoms with van der Waals surface area (Å²) in [6.45, 7) is 2.46. The third-order valence-corrected chi connectivity index (χ3v) is 4.26. The normalized spacial score (nSPS) is 10.8. The number of methoxy groups -OCH3 is 1. The predicted octanol–water partition coefficient (Wildman–Crippen LogP) is 3.24. The Kier molecular flexibility index (Phi) is 4.44. The molecular weight excluding hydrogens is 370 g/mol. The number of hydrogen-bond donors (Lipinski definition) is 2. The maximum Gasteiger partial charge on any atom is 0.118 e. The van der Waals surface area contributed by atoms with Gasteiger partial charge in [-0.15, -0.1) is 0 Å². The number of aryl methyl sites for hydroxylation is 1. The van der Waals surface area contributed by atoms with Crippen molar-refractivity contribution in [2.45, 2.75) is 13.5 Å². The van der Waals surface area contributed by atoms with Crippen molar-refractivity contribution in [1.82, 2.24) is 14.8 Å². The first-order valence-corrected chi connectivity index (χ1v) is 8.16. The molecular formula is C17H18BrN5O. The van der Waals surface area contributed by atoms with Gasteiger partial charge in [0.15, 0.2) is 0 Å². The van der Waals surface area contributed by atoms with Crippen LogP contribution in [0.2, 0.25) is 0 Å². The van der Waals surface area contributed by atoms with E-state index in [1.807, 2.05) is 41.9 Å². The average molecular weight is 388 g/mol. The van der Waals surface area contributed by atoms with E-state index in [1.54, 1.807) is 13.3 Å². The fraction of sp³-hybridized carbons (Fsp3) is 0.176. The maximum absolute atomic E-state index is 6.26. The predicted molar refractivity (Wildman–Crippen MR) is 98.8 cm³/mol. The van der Waals surface area contributed by atoms with E-state index in [2.05, 4.69) is 26.0 Å². The van der Waals surface area contributed by atoms with Crippen molar-refractivity contribution in [2.75, 3.05) is 18.6 Å². The van der Waals surface area contributed by atoms with Gasteiger partial charge in [-0.2, -0.15) is 5.10 Å². The highest BCUT2D eigenvalue weighted by atomic mass is 79.9. The molecule has 0 saturated carbocycles. The average Bonchev–Trinajstić information content (AvgIpc) is 2.85. The molecule has 0 unspecified atom stereocenters. The number of halogens is 1. The highest BCUT2D eigenvalue weighted by molar-refractivity contribution is 9.10. The van der Waals surface area contributed by atoms with Crippen LogP contribution in [0.5, 0.6) is 5.75 Å². The third kappa shape index (κ3) is 3.07. The summed E-state index contributed by atoms with van der Waals surface area (Å²) in [6, 6.07) is 9.70. The van der Waals surface area contributed by atoms with E-state index in [9.17, 15) is 0 Å². The van der Waals surface area contributed by atoms with E-state index in [4.69, 9.17) is 16.2 Å². The third-order valence-electron chi connectivity index (χ3n) is 3.82. The summed E-state index contributed by atoms with van der Waals surface area (Å²) in [4.78, 5) is 4.14. The van der Waals surface area contributed by atoms with Crippen LogP contribution in [0.3, 0.4) is 0 Å². The standard InChI is InChI=1S/C17H18BrN5O/c1-10-16(20)17(13-7-15(18)21-8-14(13)19)23(22-10)9-11-3-5-12(24-2)6-4-11/h3-8H,9,19-20H2,1-2H3. The van der Waals surface area contributed by atoms with E-state index in [1.165, 1.54) is 0 Å². The number of hydrogen-bond acceptors (Lipinski definition) is 5. The number of nitrogen functional groups attached to an aromatic ring is 2. The first kappa shape index (κ1) is 16.3. The molecule has 4 N–H and O–H groups in total. The minimum absolute atomic E-state index is 0.556. The summed E-state index contributed by atoms with van der Waals surface area (Å²) < 4.78 is 7.75. The first-order chi connectivity index (χ1) is 11.5. The zero-order valence-corrected chi connectivity index (χ0v) is 15.0. The quantitative estimate of drug-likeness (QED) is 0.670. The van der Waals surface area contributed by atoms with Crippen molar-refractivity contribution in [3.8, 4) is 17.0 Å². The minimum atomic E-state index is 0.556. The van der Waals surface area contributed by atoms with Crippen LogP contribution >= 0.6 is 15.9 Å². The molecule has 6 nitrogen and oxygen atoms in total. The van der Waals surface area contributed by atoms with E-state index in [-0.39, 0.29) is 0 Å². The molecule has 0 fully saturated rings. The second-order valence-electron chi connectivity index (χ2n) is 5.45. The zero-order valence-electron chi connectivity index (χ0n) is 13.5. The van der Waals surface area contributed by atoms with Crippen molar-refractivity contribution in [1.29, 1.82) is 0 Å². The van der Waals surface area contributed by atoms with Gasteiger partial charge in [-0.25, -0.2) is 4.98 Å². The molecule has 0 amide bonds. The lowest BCUT2D eigenvalue weighted by atomic mass is 10.1. The van der Waals surface area contributed by atoms with Gasteiger partial charge in [0.1, 0.15) is 10.4 Å². The van der Waals surface area contributed by atoms with Crippen LogP contribution in [0.25, 0.3) is 11.3 Å². The lowest BCUT2D eigenvalue weighted by molar-refractivity contribution is 0.414. The van der Waals surface area contributed by atoms with E-state index < -0.39 is 0 Å². The molecule has 24 heavy (non-hydrogen) atoms. The highest BCUT2D eigenvalue weighted by Crippen LogP contribution is 2.34. The van der Waals surface area contributed by atoms with Crippen LogP contribution in [0.15, 0.2) is 41.1 Å². The Balaban J connectivity index is 2.05. The van der Waals surface area contributed by atoms with Crippen molar-refractivity contribution in [3.63, 3.8) is 0 Å². The lowest BCUT2D eigenvalue weighted by Crippen LogP contribution is -2.06. The molecule has 124 valence electrons. The molecule has 0 aliphatic heterocycles. The Hall–Kier alpha value is -2.54. The van der Waals surface area contributed by atoms with Gasteiger partial charge >= 0.3 is 0 Å². The van der Waals surface area contributed by atoms with Gasteiger partial charge in [0.25, 0.3) is 0 Å². The molecule has 0 aliphatic carbocycles. The van der Waals surface area contributed by atoms with Gasteiger partial charge in [0, 0.05) is 5.56 Å². The van der Waals surface area contributed by atoms with Crippen molar-refractivity contribution in [3.05, 3.63) is 52.4 Å². The number of aromatic nitrogens is 3. The van der Waals surface area contributed by atoms with Gasteiger partial charge in [-0.1, -0.05) is 12.1 Å². The fourth-order valence-electron chi connectivity index (χ4n) is 2.54. The van der Waals surface area contributed by atoms with Crippen molar-refractivity contribution < 1.29 is 4.74 Å². The second-order valence-corrected chi connectivity index (χ2v) is 6.26. The van der Waals surface area contributed by atoms with Gasteiger partial charge in [-0.3, -0.25) is 4.68 Å². The highest BCUT2D eigenvalue weighted by Gasteiger charge is 2.17. The topological polar surface area (TPSA) is 92.0 Å². The summed E-state index contributed by atoms with van der Waals surface area (Å²) >= 11 is 3.38. The van der Waals surface area contributed by atoms with Gasteiger partial charge < -0.3 is 16.2 Å². The minimum Gasteiger partial charge on any atom is -0.497 e. The van der Waals surface area contributed by atoms with Crippen LogP contribution in [-0.2, 0) is 6.54 Å². The molecule has 0 atom stereocenters. The van der Waals surface area contributed by atoms with Crippen molar-refractivity contribution >= 4 is 27.3 Å². The lowest BCUT2D eigenvalue weighted by Gasteiger charge is -2.11. The van der Waals surface area contributed by atoms with Crippen LogP contribution in [0, 0.1) is 6.92 Å². The second kappa shape index (κ2) is 6.52. The molecule has 3 rings (SSSR count). The molecule has 0 radical (unpaired) electrons. The van der Waals surface area contributed by atoms with E-state index in [0.717, 1.165) is 28.3 Å². The number of benzene rings is 1. The van der Waals surface area contributed by atoms with Crippen LogP contribution in [-0.4, -0.2) is 21.9 Å². The number of anilines is 2. The number of pyridine rings is 1. The molecule has 3 aromatic rings. The summed E-state index contributed by atoms with van der Waals surface area (Å²) in [5.41, 5.74) is 17.0. The summed E-state index contributed by atoms with van der Waals surface area (Å²) in [6.07, 6.45) is 1.61. The van der Waals surface area contributed by atoms with Crippen LogP contribution in [0.4, 0.5) is 11.4 Å². The largest absolute Gasteiger partial charge is 0.497 e. The number of nitrogens with zero attached hydrogens (tertiary/aromatic N) is 3. The number of ether oxygens (including phenoxy) is 1. The molecule has 0 spiro atoms. The smallest absolute Gasteiger partial charge is 0.118 e. The van der Waals surface area contributed by atoms with Crippen molar-refractivity contribution in [2.24, 2.45) is 0 Å². The Bertz CT molecular complexity index is 873. The monoisotopic (exact) mass is 387 g/mol. The molecule has 7 heteroatoms. The summed E-state index contributed by atoms with van der Waals surface area (Å²) in [5.74, 6) is 0.817. The summed E-state index contributed by atoms with van der Waals surface area (Å²) in [7, 11) is 1.65. The Morgan fingerprint density at radius 3 is 2.58 bits per heavy atom. The van der Waals surface area contributed by atoms with Gasteiger partial charge in [0.2, 0.25) is 0 Å². The zero-order chi connectivity index (χ0) is 17.3. The van der Waals surface area contributed by atoms with E-state index >= 15 is 0 Å². The molecule has 0 saturated heterocycles. The van der Waals surface area contributed by atoms with Gasteiger partial charge in [0.05, 0.1) is 42.6 Å². The molecule has 0 bridgehead atoms. The molecule has 2 aromatic heterocycles. The summed E-state index contributed by atoms with van der Waals surface area (Å²) in [5, 5.41) is 4.56. The molecule has 2 heterocycles.